The zero-order valence-electron chi connectivity index (χ0n) is 10.6. The van der Waals surface area contributed by atoms with Gasteiger partial charge in [-0.3, -0.25) is 14.9 Å². The van der Waals surface area contributed by atoms with E-state index in [0.717, 1.165) is 5.76 Å². The summed E-state index contributed by atoms with van der Waals surface area (Å²) in [6, 6.07) is 7.33. The van der Waals surface area contributed by atoms with Crippen molar-refractivity contribution >= 4 is 23.2 Å². The molecule has 0 aliphatic rings. The van der Waals surface area contributed by atoms with Gasteiger partial charge in [-0.2, -0.15) is 0 Å². The van der Waals surface area contributed by atoms with Crippen molar-refractivity contribution in [3.63, 3.8) is 0 Å². The lowest BCUT2D eigenvalue weighted by Crippen LogP contribution is -2.23. The average Bonchev–Trinajstić information content (AvgIpc) is 2.81. The molecule has 0 saturated heterocycles. The first-order valence-electron chi connectivity index (χ1n) is 5.75. The number of nitrogens with zero attached hydrogens (tertiary/aromatic N) is 1. The first-order chi connectivity index (χ1) is 9.47. The highest BCUT2D eigenvalue weighted by Crippen LogP contribution is 2.22. The highest BCUT2D eigenvalue weighted by atomic mass is 35.5. The Hall–Kier alpha value is -2.34. The standard InChI is InChI=1S/C13H11ClN2O4/c1-8-2-4-10(20-8)7-15-13(17)11-6-9(14)3-5-12(11)16(18)19/h2-6H,7H2,1H3,(H,15,17). The van der Waals surface area contributed by atoms with E-state index in [-0.39, 0.29) is 22.8 Å². The highest BCUT2D eigenvalue weighted by molar-refractivity contribution is 6.31. The van der Waals surface area contributed by atoms with E-state index >= 15 is 0 Å². The van der Waals surface area contributed by atoms with E-state index in [4.69, 9.17) is 16.0 Å². The van der Waals surface area contributed by atoms with E-state index in [9.17, 15) is 14.9 Å². The molecule has 1 aromatic heterocycles. The Morgan fingerprint density at radius 1 is 1.40 bits per heavy atom. The molecule has 1 N–H and O–H groups in total. The van der Waals surface area contributed by atoms with Gasteiger partial charge in [-0.25, -0.2) is 0 Å². The number of benzene rings is 1. The largest absolute Gasteiger partial charge is 0.465 e. The second-order valence-electron chi connectivity index (χ2n) is 4.11. The Bertz CT molecular complexity index is 666. The third-order valence-electron chi connectivity index (χ3n) is 2.62. The van der Waals surface area contributed by atoms with E-state index in [1.54, 1.807) is 19.1 Å². The number of carbonyl (C=O) groups is 1. The number of furan rings is 1. The van der Waals surface area contributed by atoms with E-state index < -0.39 is 10.8 Å². The number of aryl methyl sites for hydroxylation is 1. The summed E-state index contributed by atoms with van der Waals surface area (Å²) in [5.41, 5.74) is -0.367. The van der Waals surface area contributed by atoms with E-state index in [1.807, 2.05) is 0 Å². The van der Waals surface area contributed by atoms with Crippen LogP contribution in [0.1, 0.15) is 21.9 Å². The maximum Gasteiger partial charge on any atom is 0.282 e. The predicted octanol–water partition coefficient (Wildman–Crippen LogP) is 3.08. The van der Waals surface area contributed by atoms with Crippen molar-refractivity contribution in [2.45, 2.75) is 13.5 Å². The summed E-state index contributed by atoms with van der Waals surface area (Å²) >= 11 is 5.76. The van der Waals surface area contributed by atoms with Crippen molar-refractivity contribution in [2.75, 3.05) is 0 Å². The van der Waals surface area contributed by atoms with Crippen LogP contribution in [-0.4, -0.2) is 10.8 Å². The number of nitrogens with one attached hydrogen (secondary N) is 1. The second kappa shape index (κ2) is 5.75. The molecule has 0 saturated carbocycles. The van der Waals surface area contributed by atoms with Crippen LogP contribution in [0.15, 0.2) is 34.7 Å². The lowest BCUT2D eigenvalue weighted by molar-refractivity contribution is -0.385. The first kappa shape index (κ1) is 14.1. The van der Waals surface area contributed by atoms with Crippen LogP contribution in [0.3, 0.4) is 0 Å². The van der Waals surface area contributed by atoms with Gasteiger partial charge in [0.05, 0.1) is 11.5 Å². The Morgan fingerprint density at radius 2 is 2.15 bits per heavy atom. The van der Waals surface area contributed by atoms with Gasteiger partial charge < -0.3 is 9.73 Å². The molecule has 0 unspecified atom stereocenters. The van der Waals surface area contributed by atoms with E-state index in [2.05, 4.69) is 5.32 Å². The minimum Gasteiger partial charge on any atom is -0.465 e. The van der Waals surface area contributed by atoms with Crippen LogP contribution < -0.4 is 5.32 Å². The van der Waals surface area contributed by atoms with Crippen molar-refractivity contribution in [1.29, 1.82) is 0 Å². The molecule has 0 atom stereocenters. The van der Waals surface area contributed by atoms with E-state index in [1.165, 1.54) is 18.2 Å². The Morgan fingerprint density at radius 3 is 2.75 bits per heavy atom. The summed E-state index contributed by atoms with van der Waals surface area (Å²) in [7, 11) is 0. The van der Waals surface area contributed by atoms with Crippen LogP contribution in [0.2, 0.25) is 5.02 Å². The summed E-state index contributed by atoms with van der Waals surface area (Å²) < 4.78 is 5.30. The SMILES string of the molecule is Cc1ccc(CNC(=O)c2cc(Cl)ccc2[N+](=O)[O-])o1. The van der Waals surface area contributed by atoms with Gasteiger partial charge in [0.1, 0.15) is 17.1 Å². The smallest absolute Gasteiger partial charge is 0.282 e. The van der Waals surface area contributed by atoms with Crippen LogP contribution in [0, 0.1) is 17.0 Å². The molecule has 0 fully saturated rings. The molecule has 1 amide bonds. The quantitative estimate of drug-likeness (QED) is 0.693. The lowest BCUT2D eigenvalue weighted by atomic mass is 10.1. The van der Waals surface area contributed by atoms with Crippen LogP contribution in [0.25, 0.3) is 0 Å². The van der Waals surface area contributed by atoms with Crippen LogP contribution >= 0.6 is 11.6 Å². The molecule has 0 radical (unpaired) electrons. The maximum atomic E-state index is 12.0. The fourth-order valence-electron chi connectivity index (χ4n) is 1.69. The molecule has 7 heteroatoms. The van der Waals surface area contributed by atoms with Crippen molar-refractivity contribution in [2.24, 2.45) is 0 Å². The summed E-state index contributed by atoms with van der Waals surface area (Å²) in [5.74, 6) is 0.719. The molecule has 0 aliphatic carbocycles. The number of amides is 1. The van der Waals surface area contributed by atoms with Gasteiger partial charge >= 0.3 is 0 Å². The minimum absolute atomic E-state index is 0.0780. The summed E-state index contributed by atoms with van der Waals surface area (Å²) in [6.45, 7) is 1.93. The van der Waals surface area contributed by atoms with E-state index in [0.29, 0.717) is 5.76 Å². The van der Waals surface area contributed by atoms with Gasteiger partial charge in [-0.1, -0.05) is 11.6 Å². The Labute approximate surface area is 119 Å². The molecule has 6 nitrogen and oxygen atoms in total. The number of halogens is 1. The lowest BCUT2D eigenvalue weighted by Gasteiger charge is -2.05. The molecule has 0 bridgehead atoms. The van der Waals surface area contributed by atoms with Crippen LogP contribution in [-0.2, 0) is 6.54 Å². The van der Waals surface area contributed by atoms with Gasteiger partial charge in [0.15, 0.2) is 0 Å². The molecule has 2 aromatic rings. The normalized spacial score (nSPS) is 10.3. The van der Waals surface area contributed by atoms with Crippen LogP contribution in [0.4, 0.5) is 5.69 Å². The number of hydrogen-bond acceptors (Lipinski definition) is 4. The number of hydrogen-bond donors (Lipinski definition) is 1. The average molecular weight is 295 g/mol. The number of rotatable bonds is 4. The van der Waals surface area contributed by atoms with Gasteiger partial charge in [-0.05, 0) is 31.2 Å². The molecule has 1 heterocycles. The zero-order valence-corrected chi connectivity index (χ0v) is 11.3. The maximum absolute atomic E-state index is 12.0. The molecule has 0 spiro atoms. The minimum atomic E-state index is -0.623. The number of nitro groups is 1. The Kier molecular flexibility index (Phi) is 4.05. The Balaban J connectivity index is 2.16. The van der Waals surface area contributed by atoms with Gasteiger partial charge in [0.2, 0.25) is 0 Å². The topological polar surface area (TPSA) is 85.4 Å². The summed E-state index contributed by atoms with van der Waals surface area (Å²) in [4.78, 5) is 22.2. The molecule has 104 valence electrons. The van der Waals surface area contributed by atoms with Gasteiger partial charge in [0.25, 0.3) is 11.6 Å². The summed E-state index contributed by atoms with van der Waals surface area (Å²) in [5, 5.41) is 13.7. The third-order valence-corrected chi connectivity index (χ3v) is 2.85. The van der Waals surface area contributed by atoms with Crippen molar-refractivity contribution in [3.8, 4) is 0 Å². The fourth-order valence-corrected chi connectivity index (χ4v) is 1.86. The van der Waals surface area contributed by atoms with Gasteiger partial charge in [-0.15, -0.1) is 0 Å². The molecular weight excluding hydrogens is 284 g/mol. The molecule has 20 heavy (non-hydrogen) atoms. The van der Waals surface area contributed by atoms with Crippen molar-refractivity contribution in [1.82, 2.24) is 5.32 Å². The monoisotopic (exact) mass is 294 g/mol. The predicted molar refractivity (Wildman–Crippen MR) is 72.7 cm³/mol. The van der Waals surface area contributed by atoms with Crippen LogP contribution in [0.5, 0.6) is 0 Å². The molecular formula is C13H11ClN2O4. The molecule has 2 rings (SSSR count). The second-order valence-corrected chi connectivity index (χ2v) is 4.55. The third kappa shape index (κ3) is 3.16. The fraction of sp³-hybridized carbons (Fsp3) is 0.154. The highest BCUT2D eigenvalue weighted by Gasteiger charge is 2.20. The number of nitro benzene ring substituents is 1. The molecule has 0 aliphatic heterocycles. The number of carbonyl (C=O) groups excluding carboxylic acids is 1. The van der Waals surface area contributed by atoms with Crippen molar-refractivity contribution < 1.29 is 14.1 Å². The van der Waals surface area contributed by atoms with Crippen molar-refractivity contribution in [3.05, 3.63) is 62.6 Å². The summed E-state index contributed by atoms with van der Waals surface area (Å²) in [6.07, 6.45) is 0. The van der Waals surface area contributed by atoms with Gasteiger partial charge in [0, 0.05) is 11.1 Å². The first-order valence-corrected chi connectivity index (χ1v) is 6.12. The molecule has 1 aromatic carbocycles. The zero-order chi connectivity index (χ0) is 14.7.